The number of hydrogen-bond donors (Lipinski definition) is 1. The van der Waals surface area contributed by atoms with Gasteiger partial charge in [-0.2, -0.15) is 5.10 Å². The molecular weight excluding hydrogens is 282 g/mol. The normalized spacial score (nSPS) is 13.8. The molecule has 1 atom stereocenters. The Hall–Kier alpha value is -2.08. The number of aromatic nitrogens is 3. The van der Waals surface area contributed by atoms with E-state index in [9.17, 15) is 9.90 Å². The number of pyridine rings is 1. The fourth-order valence-corrected chi connectivity index (χ4v) is 2.00. The van der Waals surface area contributed by atoms with Crippen LogP contribution in [-0.2, 0) is 16.8 Å². The van der Waals surface area contributed by atoms with Crippen LogP contribution in [0, 0.1) is 0 Å². The first kappa shape index (κ1) is 14.3. The summed E-state index contributed by atoms with van der Waals surface area (Å²) in [5.41, 5.74) is -0.467. The van der Waals surface area contributed by atoms with E-state index < -0.39 is 11.5 Å². The lowest BCUT2D eigenvalue weighted by molar-refractivity contribution is -0.147. The SMILES string of the molecule is COc1ccc(CC(C)(C(=O)O)n2cc(Cl)cn2)cn1. The van der Waals surface area contributed by atoms with Crippen molar-refractivity contribution < 1.29 is 14.6 Å². The molecule has 0 aliphatic rings. The van der Waals surface area contributed by atoms with Gasteiger partial charge < -0.3 is 9.84 Å². The molecule has 1 N–H and O–H groups in total. The molecule has 0 spiro atoms. The number of methoxy groups -OCH3 is 1. The number of aliphatic carboxylic acids is 1. The number of hydrogen-bond acceptors (Lipinski definition) is 4. The fourth-order valence-electron chi connectivity index (χ4n) is 1.86. The lowest BCUT2D eigenvalue weighted by Crippen LogP contribution is -2.41. The van der Waals surface area contributed by atoms with Gasteiger partial charge in [0, 0.05) is 24.9 Å². The van der Waals surface area contributed by atoms with Gasteiger partial charge in [-0.15, -0.1) is 0 Å². The topological polar surface area (TPSA) is 77.2 Å². The minimum Gasteiger partial charge on any atom is -0.481 e. The van der Waals surface area contributed by atoms with Crippen molar-refractivity contribution in [1.29, 1.82) is 0 Å². The predicted octanol–water partition coefficient (Wildman–Crippen LogP) is 1.98. The quantitative estimate of drug-likeness (QED) is 0.912. The molecule has 2 rings (SSSR count). The molecule has 0 bridgehead atoms. The molecule has 106 valence electrons. The predicted molar refractivity (Wildman–Crippen MR) is 73.0 cm³/mol. The number of carbonyl (C=O) groups is 1. The highest BCUT2D eigenvalue weighted by Crippen LogP contribution is 2.23. The molecule has 0 fully saturated rings. The van der Waals surface area contributed by atoms with Gasteiger partial charge in [-0.1, -0.05) is 17.7 Å². The lowest BCUT2D eigenvalue weighted by atomic mass is 9.94. The Morgan fingerprint density at radius 1 is 1.50 bits per heavy atom. The highest BCUT2D eigenvalue weighted by molar-refractivity contribution is 6.30. The number of rotatable bonds is 5. The van der Waals surface area contributed by atoms with Crippen LogP contribution >= 0.6 is 11.6 Å². The van der Waals surface area contributed by atoms with E-state index >= 15 is 0 Å². The molecule has 0 amide bonds. The molecule has 6 nitrogen and oxygen atoms in total. The zero-order valence-corrected chi connectivity index (χ0v) is 11.8. The minimum atomic E-state index is -1.23. The maximum Gasteiger partial charge on any atom is 0.331 e. The third-order valence-electron chi connectivity index (χ3n) is 3.07. The van der Waals surface area contributed by atoms with Crippen LogP contribution in [0.15, 0.2) is 30.7 Å². The summed E-state index contributed by atoms with van der Waals surface area (Å²) in [6, 6.07) is 3.46. The first-order valence-electron chi connectivity index (χ1n) is 5.88. The second kappa shape index (κ2) is 5.50. The van der Waals surface area contributed by atoms with E-state index in [1.54, 1.807) is 25.3 Å². The Morgan fingerprint density at radius 3 is 2.70 bits per heavy atom. The molecule has 7 heteroatoms. The van der Waals surface area contributed by atoms with Gasteiger partial charge in [0.1, 0.15) is 0 Å². The Bertz CT molecular complexity index is 612. The Kier molecular flexibility index (Phi) is 3.94. The van der Waals surface area contributed by atoms with Gasteiger partial charge in [0.15, 0.2) is 5.54 Å². The maximum atomic E-state index is 11.6. The van der Waals surface area contributed by atoms with Gasteiger partial charge in [0.25, 0.3) is 0 Å². The minimum absolute atomic E-state index is 0.233. The first-order valence-corrected chi connectivity index (χ1v) is 6.26. The number of nitrogens with zero attached hydrogens (tertiary/aromatic N) is 3. The van der Waals surface area contributed by atoms with E-state index in [2.05, 4.69) is 10.1 Å². The van der Waals surface area contributed by atoms with Gasteiger partial charge in [-0.05, 0) is 12.5 Å². The second-order valence-corrected chi connectivity index (χ2v) is 5.00. The number of carboxylic acid groups (broad SMARTS) is 1. The van der Waals surface area contributed by atoms with Gasteiger partial charge in [-0.3, -0.25) is 4.68 Å². The highest BCUT2D eigenvalue weighted by atomic mass is 35.5. The van der Waals surface area contributed by atoms with Crippen molar-refractivity contribution in [2.24, 2.45) is 0 Å². The smallest absolute Gasteiger partial charge is 0.331 e. The standard InChI is InChI=1S/C13H14ClN3O3/c1-13(12(18)19,17-8-10(14)7-16-17)5-9-3-4-11(20-2)15-6-9/h3-4,6-8H,5H2,1-2H3,(H,18,19). The second-order valence-electron chi connectivity index (χ2n) is 4.57. The van der Waals surface area contributed by atoms with Crippen molar-refractivity contribution in [3.8, 4) is 5.88 Å². The van der Waals surface area contributed by atoms with Crippen LogP contribution < -0.4 is 4.74 Å². The summed E-state index contributed by atoms with van der Waals surface area (Å²) < 4.78 is 6.32. The van der Waals surface area contributed by atoms with Crippen LogP contribution in [0.5, 0.6) is 5.88 Å². The number of halogens is 1. The zero-order valence-electron chi connectivity index (χ0n) is 11.1. The van der Waals surface area contributed by atoms with Crippen molar-refractivity contribution in [2.45, 2.75) is 18.9 Å². The average Bonchev–Trinajstić information content (AvgIpc) is 2.86. The largest absolute Gasteiger partial charge is 0.481 e. The van der Waals surface area contributed by atoms with Crippen LogP contribution in [0.3, 0.4) is 0 Å². The fraction of sp³-hybridized carbons (Fsp3) is 0.308. The molecule has 0 aromatic carbocycles. The van der Waals surface area contributed by atoms with Crippen molar-refractivity contribution >= 4 is 17.6 Å². The molecule has 0 saturated carbocycles. The van der Waals surface area contributed by atoms with Crippen molar-refractivity contribution in [3.63, 3.8) is 0 Å². The molecule has 2 aromatic heterocycles. The lowest BCUT2D eigenvalue weighted by Gasteiger charge is -2.25. The highest BCUT2D eigenvalue weighted by Gasteiger charge is 2.36. The summed E-state index contributed by atoms with van der Waals surface area (Å²) in [5.74, 6) is -0.513. The zero-order chi connectivity index (χ0) is 14.8. The maximum absolute atomic E-state index is 11.6. The van der Waals surface area contributed by atoms with Crippen molar-refractivity contribution in [1.82, 2.24) is 14.8 Å². The third-order valence-corrected chi connectivity index (χ3v) is 3.27. The molecule has 0 radical (unpaired) electrons. The summed E-state index contributed by atoms with van der Waals surface area (Å²) in [6.07, 6.45) is 4.73. The van der Waals surface area contributed by atoms with Crippen LogP contribution in [0.4, 0.5) is 0 Å². The van der Waals surface area contributed by atoms with Crippen LogP contribution in [0.2, 0.25) is 5.02 Å². The van der Waals surface area contributed by atoms with Crippen LogP contribution in [0.1, 0.15) is 12.5 Å². The third kappa shape index (κ3) is 2.75. The van der Waals surface area contributed by atoms with E-state index in [-0.39, 0.29) is 6.42 Å². The van der Waals surface area contributed by atoms with Gasteiger partial charge in [0.05, 0.1) is 18.3 Å². The molecule has 0 saturated heterocycles. The summed E-state index contributed by atoms with van der Waals surface area (Å²) in [6.45, 7) is 1.59. The van der Waals surface area contributed by atoms with E-state index in [1.165, 1.54) is 24.2 Å². The van der Waals surface area contributed by atoms with Crippen LogP contribution in [-0.4, -0.2) is 33.0 Å². The van der Waals surface area contributed by atoms with E-state index in [4.69, 9.17) is 16.3 Å². The summed E-state index contributed by atoms with van der Waals surface area (Å²) in [7, 11) is 1.52. The van der Waals surface area contributed by atoms with E-state index in [0.717, 1.165) is 5.56 Å². The summed E-state index contributed by atoms with van der Waals surface area (Å²) in [5, 5.41) is 13.9. The Labute approximate surface area is 121 Å². The molecular formula is C13H14ClN3O3. The first-order chi connectivity index (χ1) is 9.45. The monoisotopic (exact) mass is 295 g/mol. The number of ether oxygens (including phenoxy) is 1. The Morgan fingerprint density at radius 2 is 2.25 bits per heavy atom. The van der Waals surface area contributed by atoms with Crippen molar-refractivity contribution in [3.05, 3.63) is 41.3 Å². The van der Waals surface area contributed by atoms with Gasteiger partial charge >= 0.3 is 5.97 Å². The van der Waals surface area contributed by atoms with E-state index in [0.29, 0.717) is 10.9 Å². The number of carboxylic acids is 1. The van der Waals surface area contributed by atoms with Crippen molar-refractivity contribution in [2.75, 3.05) is 7.11 Å². The average molecular weight is 296 g/mol. The molecule has 20 heavy (non-hydrogen) atoms. The molecule has 2 heterocycles. The van der Waals surface area contributed by atoms with Gasteiger partial charge in [-0.25, -0.2) is 9.78 Å². The van der Waals surface area contributed by atoms with E-state index in [1.807, 2.05) is 0 Å². The molecule has 1 unspecified atom stereocenters. The molecule has 0 aliphatic heterocycles. The summed E-state index contributed by atoms with van der Waals surface area (Å²) in [4.78, 5) is 15.7. The summed E-state index contributed by atoms with van der Waals surface area (Å²) >= 11 is 5.81. The molecule has 2 aromatic rings. The molecule has 0 aliphatic carbocycles. The van der Waals surface area contributed by atoms with Crippen LogP contribution in [0.25, 0.3) is 0 Å². The Balaban J connectivity index is 2.31. The van der Waals surface area contributed by atoms with Gasteiger partial charge in [0.2, 0.25) is 5.88 Å².